The molecule has 1 atom stereocenters. The predicted molar refractivity (Wildman–Crippen MR) is 110 cm³/mol. The van der Waals surface area contributed by atoms with Crippen LogP contribution in [0.1, 0.15) is 25.7 Å². The van der Waals surface area contributed by atoms with Crippen LogP contribution in [-0.2, 0) is 25.6 Å². The number of fused-ring (bicyclic) bond motifs is 1. The van der Waals surface area contributed by atoms with Crippen molar-refractivity contribution in [2.75, 3.05) is 38.7 Å². The standard InChI is InChI=1S/C21H28N4O5/c1-29-13-19(26)23-16-5-4-15-12-22-25(17(15)11-16)14-21(28)6-8-24(9-7-21)20(27)18-3-2-10-30-18/h4-5,11-12,18,28H,2-3,6-10,13-14H2,1H3,(H,23,26)/t18-/m1/s1. The number of nitrogens with zero attached hydrogens (tertiary/aromatic N) is 3. The first-order valence-corrected chi connectivity index (χ1v) is 10.3. The van der Waals surface area contributed by atoms with Gasteiger partial charge in [0.25, 0.3) is 5.91 Å². The molecule has 4 rings (SSSR count). The van der Waals surface area contributed by atoms with Crippen molar-refractivity contribution in [1.29, 1.82) is 0 Å². The molecule has 0 aliphatic carbocycles. The van der Waals surface area contributed by atoms with Crippen LogP contribution in [0.2, 0.25) is 0 Å². The number of carbonyl (C=O) groups is 2. The molecule has 1 aromatic heterocycles. The zero-order valence-electron chi connectivity index (χ0n) is 17.2. The highest BCUT2D eigenvalue weighted by Crippen LogP contribution is 2.28. The maximum Gasteiger partial charge on any atom is 0.251 e. The van der Waals surface area contributed by atoms with Gasteiger partial charge in [-0.1, -0.05) is 0 Å². The van der Waals surface area contributed by atoms with Gasteiger partial charge in [0, 0.05) is 37.9 Å². The Morgan fingerprint density at radius 1 is 1.37 bits per heavy atom. The summed E-state index contributed by atoms with van der Waals surface area (Å²) in [6, 6.07) is 5.54. The summed E-state index contributed by atoms with van der Waals surface area (Å²) in [5, 5.41) is 19.3. The number of hydrogen-bond acceptors (Lipinski definition) is 6. The van der Waals surface area contributed by atoms with E-state index in [4.69, 9.17) is 9.47 Å². The van der Waals surface area contributed by atoms with E-state index >= 15 is 0 Å². The Hall–Kier alpha value is -2.49. The second-order valence-electron chi connectivity index (χ2n) is 8.11. The van der Waals surface area contributed by atoms with Crippen LogP contribution in [0.4, 0.5) is 5.69 Å². The number of hydrogen-bond donors (Lipinski definition) is 2. The van der Waals surface area contributed by atoms with E-state index in [-0.39, 0.29) is 24.5 Å². The number of nitrogens with one attached hydrogen (secondary N) is 1. The first kappa shape index (κ1) is 20.8. The summed E-state index contributed by atoms with van der Waals surface area (Å²) in [7, 11) is 1.47. The van der Waals surface area contributed by atoms with E-state index in [2.05, 4.69) is 10.4 Å². The molecule has 9 nitrogen and oxygen atoms in total. The number of benzene rings is 1. The van der Waals surface area contributed by atoms with Crippen LogP contribution < -0.4 is 5.32 Å². The van der Waals surface area contributed by atoms with Crippen LogP contribution >= 0.6 is 0 Å². The number of aromatic nitrogens is 2. The van der Waals surface area contributed by atoms with E-state index in [1.807, 2.05) is 18.2 Å². The first-order valence-electron chi connectivity index (χ1n) is 10.3. The highest BCUT2D eigenvalue weighted by molar-refractivity contribution is 5.94. The van der Waals surface area contributed by atoms with Gasteiger partial charge in [0.1, 0.15) is 12.7 Å². The molecular weight excluding hydrogens is 388 g/mol. The van der Waals surface area contributed by atoms with Gasteiger partial charge in [0.15, 0.2) is 0 Å². The average Bonchev–Trinajstić information content (AvgIpc) is 3.39. The van der Waals surface area contributed by atoms with Gasteiger partial charge in [-0.3, -0.25) is 14.3 Å². The third-order valence-electron chi connectivity index (χ3n) is 5.86. The Morgan fingerprint density at radius 3 is 2.87 bits per heavy atom. The van der Waals surface area contributed by atoms with Crippen molar-refractivity contribution < 1.29 is 24.2 Å². The normalized spacial score (nSPS) is 21.1. The fourth-order valence-electron chi connectivity index (χ4n) is 4.16. The Bertz CT molecular complexity index is 913. The van der Waals surface area contributed by atoms with Crippen molar-refractivity contribution in [3.05, 3.63) is 24.4 Å². The third kappa shape index (κ3) is 4.48. The van der Waals surface area contributed by atoms with Gasteiger partial charge in [0.2, 0.25) is 5.91 Å². The van der Waals surface area contributed by atoms with Crippen molar-refractivity contribution in [2.24, 2.45) is 0 Å². The predicted octanol–water partition coefficient (Wildman–Crippen LogP) is 1.15. The van der Waals surface area contributed by atoms with Gasteiger partial charge in [-0.05, 0) is 43.9 Å². The van der Waals surface area contributed by atoms with Gasteiger partial charge < -0.3 is 24.8 Å². The van der Waals surface area contributed by atoms with Crippen molar-refractivity contribution in [2.45, 2.75) is 43.9 Å². The molecule has 2 fully saturated rings. The minimum Gasteiger partial charge on any atom is -0.388 e. The number of rotatable bonds is 6. The summed E-state index contributed by atoms with van der Waals surface area (Å²) in [5.74, 6) is -0.194. The number of carbonyl (C=O) groups excluding carboxylic acids is 2. The zero-order chi connectivity index (χ0) is 21.1. The average molecular weight is 416 g/mol. The van der Waals surface area contributed by atoms with E-state index < -0.39 is 5.60 Å². The molecule has 0 radical (unpaired) electrons. The van der Waals surface area contributed by atoms with Crippen LogP contribution in [0.3, 0.4) is 0 Å². The molecule has 1 aromatic carbocycles. The van der Waals surface area contributed by atoms with Crippen LogP contribution in [0.5, 0.6) is 0 Å². The first-order chi connectivity index (χ1) is 14.5. The lowest BCUT2D eigenvalue weighted by Gasteiger charge is -2.39. The summed E-state index contributed by atoms with van der Waals surface area (Å²) in [5.41, 5.74) is 0.536. The molecule has 9 heteroatoms. The maximum atomic E-state index is 12.5. The zero-order valence-corrected chi connectivity index (χ0v) is 17.2. The summed E-state index contributed by atoms with van der Waals surface area (Å²) in [6.45, 7) is 1.97. The molecule has 2 saturated heterocycles. The van der Waals surface area contributed by atoms with E-state index in [0.717, 1.165) is 23.7 Å². The number of amides is 2. The van der Waals surface area contributed by atoms with Crippen molar-refractivity contribution in [3.8, 4) is 0 Å². The van der Waals surface area contributed by atoms with E-state index in [1.54, 1.807) is 15.8 Å². The second-order valence-corrected chi connectivity index (χ2v) is 8.11. The number of anilines is 1. The molecule has 2 aliphatic heterocycles. The van der Waals surface area contributed by atoms with E-state index in [0.29, 0.717) is 44.8 Å². The van der Waals surface area contributed by atoms with Crippen molar-refractivity contribution in [1.82, 2.24) is 14.7 Å². The molecule has 3 heterocycles. The maximum absolute atomic E-state index is 12.5. The number of aliphatic hydroxyl groups is 1. The summed E-state index contributed by atoms with van der Waals surface area (Å²) < 4.78 is 12.1. The number of likely N-dealkylation sites (tertiary alicyclic amines) is 1. The Morgan fingerprint density at radius 2 is 2.17 bits per heavy atom. The fourth-order valence-corrected chi connectivity index (χ4v) is 4.16. The molecule has 0 bridgehead atoms. The van der Waals surface area contributed by atoms with Crippen LogP contribution in [0.25, 0.3) is 10.9 Å². The SMILES string of the molecule is COCC(=O)Nc1ccc2cnn(CC3(O)CCN(C(=O)[C@H]4CCCO4)CC3)c2c1. The van der Waals surface area contributed by atoms with Crippen molar-refractivity contribution in [3.63, 3.8) is 0 Å². The van der Waals surface area contributed by atoms with Gasteiger partial charge >= 0.3 is 0 Å². The lowest BCUT2D eigenvalue weighted by atomic mass is 9.91. The third-order valence-corrected chi connectivity index (χ3v) is 5.86. The molecule has 0 unspecified atom stereocenters. The Balaban J connectivity index is 1.42. The lowest BCUT2D eigenvalue weighted by Crippen LogP contribution is -2.51. The van der Waals surface area contributed by atoms with Crippen LogP contribution in [0.15, 0.2) is 24.4 Å². The molecule has 162 valence electrons. The van der Waals surface area contributed by atoms with Gasteiger partial charge in [-0.15, -0.1) is 0 Å². The molecule has 30 heavy (non-hydrogen) atoms. The second kappa shape index (κ2) is 8.71. The van der Waals surface area contributed by atoms with Crippen LogP contribution in [-0.4, -0.2) is 76.7 Å². The summed E-state index contributed by atoms with van der Waals surface area (Å²) in [6.07, 6.45) is 4.10. The van der Waals surface area contributed by atoms with Gasteiger partial charge in [0.05, 0.1) is 23.9 Å². The summed E-state index contributed by atoms with van der Waals surface area (Å²) >= 11 is 0. The van der Waals surface area contributed by atoms with Gasteiger partial charge in [-0.25, -0.2) is 0 Å². The molecule has 2 amide bonds. The summed E-state index contributed by atoms with van der Waals surface area (Å²) in [4.78, 5) is 26.1. The molecule has 2 aromatic rings. The lowest BCUT2D eigenvalue weighted by molar-refractivity contribution is -0.145. The largest absolute Gasteiger partial charge is 0.388 e. The number of methoxy groups -OCH3 is 1. The van der Waals surface area contributed by atoms with E-state index in [9.17, 15) is 14.7 Å². The Kier molecular flexibility index (Phi) is 6.03. The molecule has 2 aliphatic rings. The Labute approximate surface area is 174 Å². The molecular formula is C21H28N4O5. The minimum atomic E-state index is -0.943. The molecule has 2 N–H and O–H groups in total. The fraction of sp³-hybridized carbons (Fsp3) is 0.571. The van der Waals surface area contributed by atoms with Gasteiger partial charge in [-0.2, -0.15) is 5.10 Å². The quantitative estimate of drug-likeness (QED) is 0.732. The van der Waals surface area contributed by atoms with Crippen LogP contribution in [0, 0.1) is 0 Å². The number of piperidine rings is 1. The highest BCUT2D eigenvalue weighted by Gasteiger charge is 2.37. The van der Waals surface area contributed by atoms with Crippen molar-refractivity contribution >= 4 is 28.4 Å². The highest BCUT2D eigenvalue weighted by atomic mass is 16.5. The number of ether oxygens (including phenoxy) is 2. The molecule has 0 saturated carbocycles. The smallest absolute Gasteiger partial charge is 0.251 e. The molecule has 0 spiro atoms. The topological polar surface area (TPSA) is 106 Å². The minimum absolute atomic E-state index is 0.0157. The monoisotopic (exact) mass is 416 g/mol. The van der Waals surface area contributed by atoms with E-state index in [1.165, 1.54) is 7.11 Å².